The standard InChI is InChI=1S/2C33H39N7O2.C31H36N8O2.CH4.3H2S/c1-23(2)32(41)40-18-17-39(20-26(40)19-34-3)31-28-14-16-38(30-13-7-10-24-9-5-6-12-27(24)30)21-29(28)35-33(36-31)42-22-25-11-8-15-37(25)4;1-4-9-31(41)40-19-18-39(21-26(40)20-34-2)32-28-15-17-38(30-14-7-11-24-10-5-6-13-27(24)30)22-29(28)35-33(36-32)42-23-25-12-8-16-37(25)3;1-4-29(40)39-16-15-38(19-24(39)18-32-2)30-26-11-14-37(28-9-5-7-22-17-33-12-10-25(22)28)20-27(26)34-31(35-30)41-21-23-8-6-13-36(23)3;;;;/h5-7,9-10,12-13,25-26H,1,8,11,14-22H2,2,4H3;4-7,9-11,13-14,25-26H,8,12,15-23H2,1,3H3;4-5,7,9-10,12,17,23-24H,1,6,8,11,13-16,18-21H2,3H3;1H4;3*1H2/b;9-4+;;;;;/t2*25-,26?;23-,24?;;;;/m000..../s1. The average Bonchev–Trinajstić information content (AvgIpc) is 0.905. The molecule has 0 saturated carbocycles. The summed E-state index contributed by atoms with van der Waals surface area (Å²) in [5.74, 6) is 2.39. The molecule has 9 aliphatic heterocycles. The number of benzene rings is 5. The summed E-state index contributed by atoms with van der Waals surface area (Å²) in [7, 11) is 6.43. The summed E-state index contributed by atoms with van der Waals surface area (Å²) in [6.45, 7) is 49.0. The quantitative estimate of drug-likeness (QED) is 0.0482. The van der Waals surface area contributed by atoms with Crippen LogP contribution < -0.4 is 43.6 Å². The number of allylic oxidation sites excluding steroid dienone is 1. The number of hydrogen-bond donors (Lipinski definition) is 0. The summed E-state index contributed by atoms with van der Waals surface area (Å²) in [6, 6.07) is 40.0. The molecular formula is C98H124N22O6S3. The van der Waals surface area contributed by atoms with Gasteiger partial charge in [-0.2, -0.15) is 70.4 Å². The van der Waals surface area contributed by atoms with Crippen LogP contribution in [0.3, 0.4) is 0 Å². The Morgan fingerprint density at radius 3 is 1.16 bits per heavy atom. The van der Waals surface area contributed by atoms with Gasteiger partial charge in [0.1, 0.15) is 55.4 Å². The van der Waals surface area contributed by atoms with Crippen LogP contribution in [0.1, 0.15) is 93.6 Å². The lowest BCUT2D eigenvalue weighted by Crippen LogP contribution is -2.57. The van der Waals surface area contributed by atoms with Crippen LogP contribution in [0.25, 0.3) is 46.9 Å². The van der Waals surface area contributed by atoms with Crippen molar-refractivity contribution in [3.8, 4) is 18.0 Å². The van der Waals surface area contributed by atoms with Crippen LogP contribution in [0, 0.1) is 19.7 Å². The van der Waals surface area contributed by atoms with Crippen molar-refractivity contribution in [2.45, 2.75) is 135 Å². The number of piperazine rings is 3. The summed E-state index contributed by atoms with van der Waals surface area (Å²) in [5.41, 5.74) is 10.4. The second kappa shape index (κ2) is 44.7. The summed E-state index contributed by atoms with van der Waals surface area (Å²) < 4.78 is 18.9. The second-order valence-corrected chi connectivity index (χ2v) is 34.3. The van der Waals surface area contributed by atoms with Gasteiger partial charge in [-0.15, -0.1) is 0 Å². The maximum Gasteiger partial charge on any atom is 0.318 e. The molecule has 0 spiro atoms. The Balaban J connectivity index is 0.000000173. The summed E-state index contributed by atoms with van der Waals surface area (Å²) in [6.07, 6.45) is 17.7. The minimum Gasteiger partial charge on any atom is -0.462 e. The molecule has 28 nitrogen and oxygen atoms in total. The number of carbonyl (C=O) groups excluding carboxylic acids is 3. The molecule has 18 rings (SSSR count). The van der Waals surface area contributed by atoms with E-state index in [1.54, 1.807) is 28.9 Å². The van der Waals surface area contributed by atoms with Crippen molar-refractivity contribution in [1.82, 2.24) is 64.3 Å². The van der Waals surface area contributed by atoms with E-state index in [2.05, 4.69) is 207 Å². The Labute approximate surface area is 780 Å². The van der Waals surface area contributed by atoms with Crippen molar-refractivity contribution in [2.75, 3.05) is 188 Å². The van der Waals surface area contributed by atoms with Crippen molar-refractivity contribution >= 4 is 125 Å². The summed E-state index contributed by atoms with van der Waals surface area (Å²) in [4.78, 5) is 110. The van der Waals surface area contributed by atoms with E-state index in [0.29, 0.717) is 140 Å². The average molecular weight is 1800 g/mol. The Hall–Kier alpha value is -11.5. The fourth-order valence-corrected chi connectivity index (χ4v) is 19.6. The van der Waals surface area contributed by atoms with Crippen LogP contribution in [0.2, 0.25) is 0 Å². The summed E-state index contributed by atoms with van der Waals surface area (Å²) in [5, 5.41) is 7.21. The molecule has 3 unspecified atom stereocenters. The van der Waals surface area contributed by atoms with Gasteiger partial charge < -0.3 is 87.5 Å². The zero-order valence-corrected chi connectivity index (χ0v) is 77.3. The first kappa shape index (κ1) is 96.6. The molecule has 3 amide bonds. The number of pyridine rings is 1. The molecule has 6 atom stereocenters. The Kier molecular flexibility index (Phi) is 33.5. The molecule has 129 heavy (non-hydrogen) atoms. The summed E-state index contributed by atoms with van der Waals surface area (Å²) >= 11 is 0. The van der Waals surface area contributed by atoms with Crippen molar-refractivity contribution < 1.29 is 28.6 Å². The predicted molar refractivity (Wildman–Crippen MR) is 529 cm³/mol. The number of ether oxygens (including phenoxy) is 3. The molecule has 0 radical (unpaired) electrons. The number of likely N-dealkylation sites (tertiary alicyclic amines) is 3. The van der Waals surface area contributed by atoms with E-state index in [9.17, 15) is 14.4 Å². The number of hydrogen-bond acceptors (Lipinski definition) is 22. The Morgan fingerprint density at radius 1 is 0.442 bits per heavy atom. The van der Waals surface area contributed by atoms with Crippen LogP contribution in [0.5, 0.6) is 18.0 Å². The van der Waals surface area contributed by atoms with Gasteiger partial charge >= 0.3 is 18.0 Å². The van der Waals surface area contributed by atoms with Gasteiger partial charge in [0.05, 0.1) is 36.7 Å². The van der Waals surface area contributed by atoms with Gasteiger partial charge in [0.2, 0.25) is 37.4 Å². The second-order valence-electron chi connectivity index (χ2n) is 34.3. The van der Waals surface area contributed by atoms with Crippen LogP contribution in [-0.2, 0) is 53.3 Å². The third-order valence-electron chi connectivity index (χ3n) is 26.4. The number of nitrogens with zero attached hydrogens (tertiary/aromatic N) is 22. The van der Waals surface area contributed by atoms with Crippen molar-refractivity contribution in [3.05, 3.63) is 227 Å². The monoisotopic (exact) mass is 1800 g/mol. The third kappa shape index (κ3) is 21.8. The smallest absolute Gasteiger partial charge is 0.318 e. The van der Waals surface area contributed by atoms with Gasteiger partial charge in [-0.3, -0.25) is 19.4 Å². The molecule has 6 fully saturated rings. The maximum atomic E-state index is 12.9. The van der Waals surface area contributed by atoms with Crippen LogP contribution >= 0.6 is 40.5 Å². The molecule has 9 aliphatic rings. The van der Waals surface area contributed by atoms with Gasteiger partial charge in [0.15, 0.2) is 0 Å². The van der Waals surface area contributed by atoms with E-state index < -0.39 is 0 Å². The van der Waals surface area contributed by atoms with Gasteiger partial charge in [-0.1, -0.05) is 112 Å². The van der Waals surface area contributed by atoms with Gasteiger partial charge in [0, 0.05) is 170 Å². The highest BCUT2D eigenvalue weighted by Crippen LogP contribution is 2.40. The van der Waals surface area contributed by atoms with Crippen LogP contribution in [-0.4, -0.2) is 277 Å². The van der Waals surface area contributed by atoms with Crippen molar-refractivity contribution in [2.24, 2.45) is 0 Å². The van der Waals surface area contributed by atoms with Crippen molar-refractivity contribution in [1.29, 1.82) is 0 Å². The highest BCUT2D eigenvalue weighted by molar-refractivity contribution is 7.59. The number of aromatic nitrogens is 7. The van der Waals surface area contributed by atoms with E-state index >= 15 is 0 Å². The molecule has 680 valence electrons. The number of carbonyl (C=O) groups is 3. The first-order chi connectivity index (χ1) is 61.0. The van der Waals surface area contributed by atoms with Gasteiger partial charge in [0.25, 0.3) is 0 Å². The molecule has 0 aliphatic carbocycles. The largest absolute Gasteiger partial charge is 0.462 e. The molecule has 0 N–H and O–H groups in total. The van der Waals surface area contributed by atoms with Crippen LogP contribution in [0.15, 0.2) is 159 Å². The zero-order valence-electron chi connectivity index (χ0n) is 74.3. The third-order valence-corrected chi connectivity index (χ3v) is 26.4. The molecular weight excluding hydrogens is 1680 g/mol. The fraction of sp³-hybridized carbons (Fsp3) is 0.459. The fourth-order valence-electron chi connectivity index (χ4n) is 19.6. The lowest BCUT2D eigenvalue weighted by atomic mass is 10.0. The lowest BCUT2D eigenvalue weighted by molar-refractivity contribution is -0.129. The molecule has 13 heterocycles. The maximum absolute atomic E-state index is 12.9. The molecule has 9 aromatic rings. The first-order valence-corrected chi connectivity index (χ1v) is 44.3. The molecule has 31 heteroatoms. The highest BCUT2D eigenvalue weighted by Gasteiger charge is 2.41. The van der Waals surface area contributed by atoms with E-state index in [0.717, 1.165) is 134 Å². The topological polar surface area (TPSA) is 221 Å². The van der Waals surface area contributed by atoms with E-state index in [1.807, 2.05) is 24.2 Å². The Bertz CT molecular complexity index is 5620. The zero-order chi connectivity index (χ0) is 86.6. The van der Waals surface area contributed by atoms with Gasteiger partial charge in [-0.25, -0.2) is 19.7 Å². The van der Waals surface area contributed by atoms with Gasteiger partial charge in [-0.05, 0) is 160 Å². The molecule has 6 saturated heterocycles. The number of amides is 3. The van der Waals surface area contributed by atoms with E-state index in [1.165, 1.54) is 69.3 Å². The number of fused-ring (bicyclic) bond motifs is 6. The number of anilines is 6. The SMILES string of the molecule is C.S.S.S.[C-]#[N+]CC1CN(c2nc(OC[C@@H]3CCCN3C)nc3c2CCN(c2cccc4ccccc24)C3)CCN1C(=O)/C=C/C.[C-]#[N+]CC1CN(c2nc(OC[C@@H]3CCCN3C)nc3c2CCN(c2cccc4ccccc24)C3)CCN1C(=O)C(=C)C.[C-]#[N+]CC1CN(c2nc(OC[C@@H]3CCCN3C)nc3c2CCN(c2cccc4cnccc24)C3)CCN1C(=O)C=C. The Morgan fingerprint density at radius 2 is 0.798 bits per heavy atom. The normalized spacial score (nSPS) is 20.3. The predicted octanol–water partition coefficient (Wildman–Crippen LogP) is 12.5. The minimum atomic E-state index is -0.224. The number of likely N-dealkylation sites (N-methyl/N-ethyl adjacent to an activating group) is 3. The first-order valence-electron chi connectivity index (χ1n) is 44.3. The van der Waals surface area contributed by atoms with E-state index in [-0.39, 0.29) is 103 Å². The molecule has 5 aromatic carbocycles. The number of rotatable bonds is 21. The lowest BCUT2D eigenvalue weighted by Gasteiger charge is -2.41. The minimum absolute atomic E-state index is 0. The highest BCUT2D eigenvalue weighted by atomic mass is 32.1. The molecule has 0 bridgehead atoms. The molecule has 4 aromatic heterocycles. The van der Waals surface area contributed by atoms with Crippen LogP contribution in [0.4, 0.5) is 34.5 Å². The van der Waals surface area contributed by atoms with Crippen molar-refractivity contribution in [3.63, 3.8) is 0 Å². The van der Waals surface area contributed by atoms with E-state index in [4.69, 9.17) is 63.8 Å².